The number of nitrogens with one attached hydrogen (secondary N) is 2. The van der Waals surface area contributed by atoms with Crippen molar-refractivity contribution in [3.05, 3.63) is 0 Å². The van der Waals surface area contributed by atoms with Gasteiger partial charge in [-0.1, -0.05) is 27.7 Å². The Hall–Kier alpha value is -2.89. The molecule has 3 amide bonds. The molecule has 188 valence electrons. The third kappa shape index (κ3) is 8.52. The predicted octanol–water partition coefficient (Wildman–Crippen LogP) is -1.28. The molecule has 4 atom stereocenters. The highest BCUT2D eigenvalue weighted by atomic mass is 16.4. The van der Waals surface area contributed by atoms with Crippen LogP contribution in [0.1, 0.15) is 53.4 Å². The second-order valence-electron chi connectivity index (χ2n) is 9.04. The smallest absolute Gasteiger partial charge is 0.326 e. The van der Waals surface area contributed by atoms with Crippen molar-refractivity contribution in [2.75, 3.05) is 13.1 Å². The van der Waals surface area contributed by atoms with Crippen LogP contribution in [0.5, 0.6) is 0 Å². The first kappa shape index (κ1) is 28.1. The largest absolute Gasteiger partial charge is 0.480 e. The maximum absolute atomic E-state index is 13.2. The van der Waals surface area contributed by atoms with Crippen LogP contribution in [0.3, 0.4) is 0 Å². The zero-order valence-corrected chi connectivity index (χ0v) is 19.9. The summed E-state index contributed by atoms with van der Waals surface area (Å²) in [6, 6.07) is -3.61. The summed E-state index contributed by atoms with van der Waals surface area (Å²) in [5.74, 6) is -3.04. The molecule has 0 spiro atoms. The van der Waals surface area contributed by atoms with Crippen LogP contribution in [0, 0.1) is 11.8 Å². The molecule has 12 heteroatoms. The molecule has 1 rings (SSSR count). The minimum atomic E-state index is -1.08. The fourth-order valence-electron chi connectivity index (χ4n) is 3.60. The molecule has 33 heavy (non-hydrogen) atoms. The second kappa shape index (κ2) is 13.0. The molecule has 0 aliphatic carbocycles. The maximum Gasteiger partial charge on any atom is 0.326 e. The van der Waals surface area contributed by atoms with E-state index in [0.717, 1.165) is 0 Å². The van der Waals surface area contributed by atoms with E-state index < -0.39 is 47.9 Å². The topological polar surface area (TPSA) is 206 Å². The number of guanidine groups is 1. The molecule has 1 saturated heterocycles. The fourth-order valence-corrected chi connectivity index (χ4v) is 3.60. The van der Waals surface area contributed by atoms with Crippen LogP contribution in [0.15, 0.2) is 4.99 Å². The van der Waals surface area contributed by atoms with Crippen LogP contribution >= 0.6 is 0 Å². The lowest BCUT2D eigenvalue weighted by Gasteiger charge is -2.30. The molecule has 12 nitrogen and oxygen atoms in total. The third-order valence-electron chi connectivity index (χ3n) is 5.65. The van der Waals surface area contributed by atoms with Gasteiger partial charge in [-0.05, 0) is 37.5 Å². The van der Waals surface area contributed by atoms with Gasteiger partial charge in [0.2, 0.25) is 17.7 Å². The Bertz CT molecular complexity index is 737. The Morgan fingerprint density at radius 3 is 2.21 bits per heavy atom. The van der Waals surface area contributed by atoms with E-state index in [1.165, 1.54) is 4.90 Å². The van der Waals surface area contributed by atoms with Gasteiger partial charge in [0, 0.05) is 13.1 Å². The van der Waals surface area contributed by atoms with Gasteiger partial charge in [0.05, 0.1) is 6.04 Å². The molecule has 0 aromatic carbocycles. The van der Waals surface area contributed by atoms with Crippen molar-refractivity contribution in [3.8, 4) is 0 Å². The van der Waals surface area contributed by atoms with Gasteiger partial charge in [-0.2, -0.15) is 0 Å². The van der Waals surface area contributed by atoms with E-state index in [1.54, 1.807) is 27.7 Å². The number of likely N-dealkylation sites (tertiary alicyclic amines) is 1. The summed E-state index contributed by atoms with van der Waals surface area (Å²) >= 11 is 0. The average Bonchev–Trinajstić information content (AvgIpc) is 3.22. The summed E-state index contributed by atoms with van der Waals surface area (Å²) in [6.07, 6.45) is 1.51. The third-order valence-corrected chi connectivity index (χ3v) is 5.65. The van der Waals surface area contributed by atoms with Gasteiger partial charge < -0.3 is 37.8 Å². The quantitative estimate of drug-likeness (QED) is 0.115. The molecule has 0 unspecified atom stereocenters. The average molecular weight is 470 g/mol. The number of rotatable bonds is 12. The van der Waals surface area contributed by atoms with Crippen LogP contribution in [0.25, 0.3) is 0 Å². The minimum absolute atomic E-state index is 0.0866. The first-order chi connectivity index (χ1) is 15.4. The number of hydrogen-bond donors (Lipinski definition) is 6. The van der Waals surface area contributed by atoms with Gasteiger partial charge in [0.1, 0.15) is 18.1 Å². The zero-order valence-electron chi connectivity index (χ0n) is 19.9. The number of carboxylic acid groups (broad SMARTS) is 1. The zero-order chi connectivity index (χ0) is 25.3. The molecule has 0 radical (unpaired) electrons. The van der Waals surface area contributed by atoms with Gasteiger partial charge in [0.15, 0.2) is 5.96 Å². The molecular weight excluding hydrogens is 430 g/mol. The van der Waals surface area contributed by atoms with Crippen molar-refractivity contribution >= 4 is 29.7 Å². The lowest BCUT2D eigenvalue weighted by atomic mass is 9.99. The number of carboxylic acids is 1. The van der Waals surface area contributed by atoms with E-state index in [9.17, 15) is 24.3 Å². The van der Waals surface area contributed by atoms with E-state index >= 15 is 0 Å². The Kier molecular flexibility index (Phi) is 11.1. The molecule has 0 aromatic rings. The highest BCUT2D eigenvalue weighted by Crippen LogP contribution is 2.20. The van der Waals surface area contributed by atoms with Gasteiger partial charge in [-0.3, -0.25) is 19.4 Å². The van der Waals surface area contributed by atoms with Gasteiger partial charge in [0.25, 0.3) is 0 Å². The standard InChI is InChI=1S/C21H39N7O5/c1-11(2)15(22)17(29)27-16(12(3)4)18(30)26-13(7-5-9-25-21(23)24)19(31)28-10-6-8-14(28)20(32)33/h11-16H,5-10,22H2,1-4H3,(H,26,30)(H,27,29)(H,32,33)(H4,23,24,25)/t13-,14-,15-,16-/m0/s1. The molecule has 9 N–H and O–H groups in total. The van der Waals surface area contributed by atoms with Crippen molar-refractivity contribution in [1.82, 2.24) is 15.5 Å². The lowest BCUT2D eigenvalue weighted by molar-refractivity contribution is -0.149. The summed E-state index contributed by atoms with van der Waals surface area (Å²) in [4.78, 5) is 55.4. The number of nitrogens with zero attached hydrogens (tertiary/aromatic N) is 2. The number of amides is 3. The van der Waals surface area contributed by atoms with Crippen LogP contribution in [-0.4, -0.2) is 76.9 Å². The SMILES string of the molecule is CC(C)[C@H](N)C(=O)N[C@H](C(=O)N[C@@H](CCCN=C(N)N)C(=O)N1CCC[C@H]1C(=O)O)C(C)C. The van der Waals surface area contributed by atoms with Crippen LogP contribution < -0.4 is 27.8 Å². The van der Waals surface area contributed by atoms with Crippen LogP contribution in [0.4, 0.5) is 0 Å². The number of nitrogens with two attached hydrogens (primary N) is 3. The number of aliphatic carboxylic acids is 1. The number of carbonyl (C=O) groups excluding carboxylic acids is 3. The van der Waals surface area contributed by atoms with E-state index in [0.29, 0.717) is 25.8 Å². The van der Waals surface area contributed by atoms with Crippen molar-refractivity contribution in [2.24, 2.45) is 34.0 Å². The summed E-state index contributed by atoms with van der Waals surface area (Å²) in [6.45, 7) is 7.68. The molecule has 0 bridgehead atoms. The number of carbonyl (C=O) groups is 4. The second-order valence-corrected chi connectivity index (χ2v) is 9.04. The Labute approximate surface area is 194 Å². The molecule has 1 aliphatic heterocycles. The summed E-state index contributed by atoms with van der Waals surface area (Å²) in [7, 11) is 0. The molecular formula is C21H39N7O5. The van der Waals surface area contributed by atoms with E-state index in [4.69, 9.17) is 17.2 Å². The number of hydrogen-bond acceptors (Lipinski definition) is 6. The molecule has 1 aliphatic rings. The molecule has 0 aromatic heterocycles. The monoisotopic (exact) mass is 469 g/mol. The summed E-state index contributed by atoms with van der Waals surface area (Å²) < 4.78 is 0. The van der Waals surface area contributed by atoms with Crippen LogP contribution in [0.2, 0.25) is 0 Å². The molecule has 1 fully saturated rings. The summed E-state index contributed by atoms with van der Waals surface area (Å²) in [5, 5.41) is 14.8. The highest BCUT2D eigenvalue weighted by molar-refractivity contribution is 5.94. The number of aliphatic imine (C=N–C) groups is 1. The Balaban J connectivity index is 3.01. The van der Waals surface area contributed by atoms with Crippen LogP contribution in [-0.2, 0) is 19.2 Å². The Morgan fingerprint density at radius 1 is 1.06 bits per heavy atom. The van der Waals surface area contributed by atoms with Crippen molar-refractivity contribution in [2.45, 2.75) is 77.5 Å². The van der Waals surface area contributed by atoms with E-state index in [-0.39, 0.29) is 30.8 Å². The Morgan fingerprint density at radius 2 is 1.70 bits per heavy atom. The van der Waals surface area contributed by atoms with Gasteiger partial charge in [-0.15, -0.1) is 0 Å². The van der Waals surface area contributed by atoms with E-state index in [1.807, 2.05) is 0 Å². The van der Waals surface area contributed by atoms with Crippen molar-refractivity contribution < 1.29 is 24.3 Å². The first-order valence-corrected chi connectivity index (χ1v) is 11.3. The lowest BCUT2D eigenvalue weighted by Crippen LogP contribution is -2.58. The van der Waals surface area contributed by atoms with Crippen molar-refractivity contribution in [1.29, 1.82) is 0 Å². The van der Waals surface area contributed by atoms with Gasteiger partial charge >= 0.3 is 5.97 Å². The van der Waals surface area contributed by atoms with Crippen molar-refractivity contribution in [3.63, 3.8) is 0 Å². The first-order valence-electron chi connectivity index (χ1n) is 11.3. The maximum atomic E-state index is 13.2. The summed E-state index contributed by atoms with van der Waals surface area (Å²) in [5.41, 5.74) is 16.6. The normalized spacial score (nSPS) is 18.5. The molecule has 0 saturated carbocycles. The molecule has 1 heterocycles. The minimum Gasteiger partial charge on any atom is -0.480 e. The predicted molar refractivity (Wildman–Crippen MR) is 124 cm³/mol. The van der Waals surface area contributed by atoms with E-state index in [2.05, 4.69) is 15.6 Å². The highest BCUT2D eigenvalue weighted by Gasteiger charge is 2.38. The fraction of sp³-hybridized carbons (Fsp3) is 0.762. The van der Waals surface area contributed by atoms with Gasteiger partial charge in [-0.25, -0.2) is 4.79 Å².